The number of carbonyl (C=O) groups excluding carboxylic acids is 2. The number of nitrogens with two attached hydrogens (primary N) is 1. The van der Waals surface area contributed by atoms with Gasteiger partial charge >= 0.3 is 11.8 Å². The van der Waals surface area contributed by atoms with Crippen LogP contribution in [0, 0.1) is 5.82 Å². The smallest absolute Gasteiger partial charge is 0.329 e. The molecule has 0 bridgehead atoms. The van der Waals surface area contributed by atoms with Crippen molar-refractivity contribution in [2.45, 2.75) is 0 Å². The van der Waals surface area contributed by atoms with Crippen molar-refractivity contribution in [1.29, 1.82) is 0 Å². The van der Waals surface area contributed by atoms with Crippen LogP contribution in [0.3, 0.4) is 0 Å². The number of hydrazone groups is 1. The van der Waals surface area contributed by atoms with Crippen molar-refractivity contribution < 1.29 is 14.0 Å². The van der Waals surface area contributed by atoms with Crippen LogP contribution < -0.4 is 11.2 Å². The number of hydrogen-bond acceptors (Lipinski definition) is 3. The van der Waals surface area contributed by atoms with Gasteiger partial charge in [0.15, 0.2) is 0 Å². The molecule has 2 amide bonds. The normalized spacial score (nSPS) is 10.2. The largest absolute Gasteiger partial charge is 0.361 e. The summed E-state index contributed by atoms with van der Waals surface area (Å²) in [6.45, 7) is 0. The standard InChI is InChI=1S/C9H8FN3O2/c10-7-4-2-1-3-6(7)5-12-13-9(15)8(11)14/h1-5H,(H2,11,14)(H,13,15)/b12-5-. The van der Waals surface area contributed by atoms with E-state index in [1.165, 1.54) is 18.2 Å². The van der Waals surface area contributed by atoms with Crippen LogP contribution in [0.1, 0.15) is 5.56 Å². The van der Waals surface area contributed by atoms with Crippen molar-refractivity contribution in [3.63, 3.8) is 0 Å². The Balaban J connectivity index is 2.63. The molecule has 0 aromatic heterocycles. The zero-order valence-corrected chi connectivity index (χ0v) is 7.61. The van der Waals surface area contributed by atoms with E-state index in [2.05, 4.69) is 10.8 Å². The SMILES string of the molecule is NC(=O)C(=O)N/N=C\c1ccccc1F. The Morgan fingerprint density at radius 1 is 1.40 bits per heavy atom. The van der Waals surface area contributed by atoms with Crippen LogP contribution in [-0.2, 0) is 9.59 Å². The summed E-state index contributed by atoms with van der Waals surface area (Å²) >= 11 is 0. The van der Waals surface area contributed by atoms with Crippen LogP contribution in [0.25, 0.3) is 0 Å². The van der Waals surface area contributed by atoms with E-state index in [0.29, 0.717) is 0 Å². The van der Waals surface area contributed by atoms with Crippen LogP contribution in [0.2, 0.25) is 0 Å². The minimum atomic E-state index is -1.15. The topological polar surface area (TPSA) is 84.5 Å². The molecule has 0 atom stereocenters. The number of carbonyl (C=O) groups is 2. The first-order chi connectivity index (χ1) is 7.11. The van der Waals surface area contributed by atoms with Gasteiger partial charge in [0, 0.05) is 5.56 Å². The maximum atomic E-state index is 13.0. The van der Waals surface area contributed by atoms with E-state index in [1.54, 1.807) is 6.07 Å². The molecule has 0 aliphatic heterocycles. The first-order valence-corrected chi connectivity index (χ1v) is 3.98. The van der Waals surface area contributed by atoms with E-state index in [4.69, 9.17) is 0 Å². The molecule has 0 spiro atoms. The fourth-order valence-corrected chi connectivity index (χ4v) is 0.795. The second kappa shape index (κ2) is 4.85. The molecule has 5 nitrogen and oxygen atoms in total. The number of halogens is 1. The molecule has 78 valence electrons. The van der Waals surface area contributed by atoms with Crippen molar-refractivity contribution >= 4 is 18.0 Å². The minimum absolute atomic E-state index is 0.197. The highest BCUT2D eigenvalue weighted by molar-refractivity contribution is 6.34. The zero-order valence-electron chi connectivity index (χ0n) is 7.61. The van der Waals surface area contributed by atoms with Gasteiger partial charge in [-0.05, 0) is 6.07 Å². The van der Waals surface area contributed by atoms with E-state index in [-0.39, 0.29) is 5.56 Å². The summed E-state index contributed by atoms with van der Waals surface area (Å²) in [5.41, 5.74) is 6.69. The molecule has 3 N–H and O–H groups in total. The number of hydrogen-bond donors (Lipinski definition) is 2. The average Bonchev–Trinajstić information content (AvgIpc) is 2.20. The monoisotopic (exact) mass is 209 g/mol. The number of amides is 2. The fraction of sp³-hybridized carbons (Fsp3) is 0. The molecule has 0 heterocycles. The van der Waals surface area contributed by atoms with E-state index >= 15 is 0 Å². The Labute approximate surface area is 84.8 Å². The third kappa shape index (κ3) is 3.18. The highest BCUT2D eigenvalue weighted by Crippen LogP contribution is 2.02. The van der Waals surface area contributed by atoms with Gasteiger partial charge in [-0.15, -0.1) is 0 Å². The highest BCUT2D eigenvalue weighted by Gasteiger charge is 2.05. The Morgan fingerprint density at radius 3 is 2.67 bits per heavy atom. The van der Waals surface area contributed by atoms with Gasteiger partial charge in [-0.3, -0.25) is 9.59 Å². The van der Waals surface area contributed by atoms with E-state index in [9.17, 15) is 14.0 Å². The van der Waals surface area contributed by atoms with Gasteiger partial charge in [-0.1, -0.05) is 18.2 Å². The lowest BCUT2D eigenvalue weighted by Crippen LogP contribution is -2.32. The van der Waals surface area contributed by atoms with Gasteiger partial charge in [0.2, 0.25) is 0 Å². The van der Waals surface area contributed by atoms with Gasteiger partial charge in [-0.25, -0.2) is 9.82 Å². The molecule has 6 heteroatoms. The molecule has 0 aliphatic rings. The summed E-state index contributed by atoms with van der Waals surface area (Å²) in [5.74, 6) is -2.68. The van der Waals surface area contributed by atoms with Crippen molar-refractivity contribution in [1.82, 2.24) is 5.43 Å². The minimum Gasteiger partial charge on any atom is -0.361 e. The summed E-state index contributed by atoms with van der Waals surface area (Å²) < 4.78 is 13.0. The molecule has 1 aromatic rings. The van der Waals surface area contributed by atoms with Gasteiger partial charge in [0.05, 0.1) is 6.21 Å². The second-order valence-electron chi connectivity index (χ2n) is 2.58. The lowest BCUT2D eigenvalue weighted by molar-refractivity contribution is -0.137. The molecule has 0 radical (unpaired) electrons. The predicted molar refractivity (Wildman–Crippen MR) is 51.3 cm³/mol. The molecule has 15 heavy (non-hydrogen) atoms. The molecule has 1 aromatic carbocycles. The van der Waals surface area contributed by atoms with Gasteiger partial charge in [0.1, 0.15) is 5.82 Å². The maximum Gasteiger partial charge on any atom is 0.329 e. The summed E-state index contributed by atoms with van der Waals surface area (Å²) in [6, 6.07) is 5.85. The first-order valence-electron chi connectivity index (χ1n) is 3.98. The van der Waals surface area contributed by atoms with Crippen LogP contribution in [-0.4, -0.2) is 18.0 Å². The lowest BCUT2D eigenvalue weighted by Gasteiger charge is -1.95. The van der Waals surface area contributed by atoms with Crippen molar-refractivity contribution in [3.8, 4) is 0 Å². The van der Waals surface area contributed by atoms with E-state index < -0.39 is 17.6 Å². The number of primary amides is 1. The third-order valence-corrected chi connectivity index (χ3v) is 1.50. The maximum absolute atomic E-state index is 13.0. The predicted octanol–water partition coefficient (Wildman–Crippen LogP) is -0.239. The molecular formula is C9H8FN3O2. The molecule has 0 fully saturated rings. The summed E-state index contributed by atoms with van der Waals surface area (Å²) in [4.78, 5) is 20.9. The zero-order chi connectivity index (χ0) is 11.3. The third-order valence-electron chi connectivity index (χ3n) is 1.50. The summed E-state index contributed by atoms with van der Waals surface area (Å²) in [7, 11) is 0. The molecular weight excluding hydrogens is 201 g/mol. The van der Waals surface area contributed by atoms with E-state index in [0.717, 1.165) is 6.21 Å². The fourth-order valence-electron chi connectivity index (χ4n) is 0.795. The highest BCUT2D eigenvalue weighted by atomic mass is 19.1. The molecule has 1 rings (SSSR count). The van der Waals surface area contributed by atoms with Crippen molar-refractivity contribution in [2.24, 2.45) is 10.8 Å². The number of nitrogens with one attached hydrogen (secondary N) is 1. The Bertz CT molecular complexity index is 418. The van der Waals surface area contributed by atoms with Crippen LogP contribution in [0.5, 0.6) is 0 Å². The Morgan fingerprint density at radius 2 is 2.07 bits per heavy atom. The molecule has 0 aliphatic carbocycles. The number of nitrogens with zero attached hydrogens (tertiary/aromatic N) is 1. The number of rotatable bonds is 2. The first kappa shape index (κ1) is 10.8. The van der Waals surface area contributed by atoms with Gasteiger partial charge in [0.25, 0.3) is 0 Å². The summed E-state index contributed by atoms with van der Waals surface area (Å²) in [6.07, 6.45) is 1.08. The molecule has 0 saturated heterocycles. The molecule has 0 saturated carbocycles. The van der Waals surface area contributed by atoms with Crippen molar-refractivity contribution in [2.75, 3.05) is 0 Å². The van der Waals surface area contributed by atoms with Crippen molar-refractivity contribution in [3.05, 3.63) is 35.6 Å². The van der Waals surface area contributed by atoms with Crippen LogP contribution in [0.15, 0.2) is 29.4 Å². The van der Waals surface area contributed by atoms with Crippen LogP contribution in [0.4, 0.5) is 4.39 Å². The number of benzene rings is 1. The Kier molecular flexibility index (Phi) is 3.50. The van der Waals surface area contributed by atoms with Gasteiger partial charge < -0.3 is 5.73 Å². The van der Waals surface area contributed by atoms with Gasteiger partial charge in [-0.2, -0.15) is 5.10 Å². The molecule has 0 unspecified atom stereocenters. The second-order valence-corrected chi connectivity index (χ2v) is 2.58. The Hall–Kier alpha value is -2.24. The summed E-state index contributed by atoms with van der Waals surface area (Å²) in [5, 5.41) is 3.36. The van der Waals surface area contributed by atoms with E-state index in [1.807, 2.05) is 5.43 Å². The lowest BCUT2D eigenvalue weighted by atomic mass is 10.2. The van der Waals surface area contributed by atoms with Crippen LogP contribution >= 0.6 is 0 Å². The quantitative estimate of drug-likeness (QED) is 0.400. The average molecular weight is 209 g/mol.